The molecule has 0 radical (unpaired) electrons. The van der Waals surface area contributed by atoms with E-state index in [0.29, 0.717) is 37.6 Å². The number of rotatable bonds is 3. The van der Waals surface area contributed by atoms with Gasteiger partial charge in [-0.05, 0) is 18.2 Å². The van der Waals surface area contributed by atoms with E-state index in [2.05, 4.69) is 0 Å². The molecule has 1 aliphatic rings. The third-order valence-corrected chi connectivity index (χ3v) is 3.39. The van der Waals surface area contributed by atoms with E-state index in [0.717, 1.165) is 0 Å². The number of benzene rings is 1. The Balaban J connectivity index is 2.01. The number of hydrogen-bond acceptors (Lipinski definition) is 4. The molecule has 0 amide bonds. The molecule has 1 heterocycles. The van der Waals surface area contributed by atoms with Crippen LogP contribution in [-0.4, -0.2) is 54.9 Å². The first-order valence-corrected chi connectivity index (χ1v) is 6.43. The summed E-state index contributed by atoms with van der Waals surface area (Å²) < 4.78 is 36.9. The normalized spacial score (nSPS) is 17.0. The highest BCUT2D eigenvalue weighted by Crippen LogP contribution is 2.26. The van der Waals surface area contributed by atoms with Crippen LogP contribution < -0.4 is 10.6 Å². The van der Waals surface area contributed by atoms with Gasteiger partial charge < -0.3 is 15.7 Å². The maximum atomic E-state index is 12.3. The van der Waals surface area contributed by atoms with E-state index in [-0.39, 0.29) is 5.56 Å². The van der Waals surface area contributed by atoms with E-state index in [1.165, 1.54) is 17.0 Å². The molecule has 0 atom stereocenters. The Labute approximate surface area is 119 Å². The molecule has 1 aliphatic heterocycles. The van der Waals surface area contributed by atoms with Crippen LogP contribution in [0, 0.1) is 0 Å². The number of aromatic carboxylic acids is 1. The maximum absolute atomic E-state index is 12.3. The van der Waals surface area contributed by atoms with Gasteiger partial charge in [0.15, 0.2) is 0 Å². The molecule has 0 saturated carbocycles. The van der Waals surface area contributed by atoms with Gasteiger partial charge in [0.25, 0.3) is 0 Å². The summed E-state index contributed by atoms with van der Waals surface area (Å²) in [5, 5.41) is 8.87. The zero-order chi connectivity index (χ0) is 15.6. The summed E-state index contributed by atoms with van der Waals surface area (Å²) in [7, 11) is 0. The Hall–Kier alpha value is -1.96. The fraction of sp³-hybridized carbons (Fsp3) is 0.462. The Morgan fingerprint density at radius 1 is 1.24 bits per heavy atom. The van der Waals surface area contributed by atoms with Gasteiger partial charge in [0.05, 0.1) is 23.5 Å². The van der Waals surface area contributed by atoms with Crippen molar-refractivity contribution < 1.29 is 23.1 Å². The molecule has 1 fully saturated rings. The lowest BCUT2D eigenvalue weighted by Gasteiger charge is -2.36. The van der Waals surface area contributed by atoms with E-state index in [4.69, 9.17) is 10.8 Å². The van der Waals surface area contributed by atoms with Crippen LogP contribution in [0.15, 0.2) is 18.2 Å². The highest BCUT2D eigenvalue weighted by Gasteiger charge is 2.32. The lowest BCUT2D eigenvalue weighted by Crippen LogP contribution is -2.49. The molecule has 0 aromatic heterocycles. The van der Waals surface area contributed by atoms with Crippen LogP contribution in [0.1, 0.15) is 10.4 Å². The first kappa shape index (κ1) is 15.4. The maximum Gasteiger partial charge on any atom is 0.401 e. The predicted octanol–water partition coefficient (Wildman–Crippen LogP) is 1.65. The van der Waals surface area contributed by atoms with Crippen LogP contribution in [0.2, 0.25) is 0 Å². The summed E-state index contributed by atoms with van der Waals surface area (Å²) in [6.45, 7) is 0.521. The zero-order valence-electron chi connectivity index (χ0n) is 11.2. The van der Waals surface area contributed by atoms with Crippen molar-refractivity contribution in [2.75, 3.05) is 43.4 Å². The van der Waals surface area contributed by atoms with Crippen molar-refractivity contribution in [2.24, 2.45) is 0 Å². The van der Waals surface area contributed by atoms with Gasteiger partial charge in [-0.3, -0.25) is 4.90 Å². The van der Waals surface area contributed by atoms with Crippen LogP contribution in [0.5, 0.6) is 0 Å². The van der Waals surface area contributed by atoms with Gasteiger partial charge in [0.1, 0.15) is 0 Å². The molecule has 116 valence electrons. The minimum Gasteiger partial charge on any atom is -0.478 e. The van der Waals surface area contributed by atoms with Gasteiger partial charge in [0.2, 0.25) is 0 Å². The smallest absolute Gasteiger partial charge is 0.401 e. The quantitative estimate of drug-likeness (QED) is 0.831. The minimum absolute atomic E-state index is 0.0898. The number of carbonyl (C=O) groups is 1. The van der Waals surface area contributed by atoms with E-state index in [1.54, 1.807) is 6.07 Å². The molecule has 1 saturated heterocycles. The second kappa shape index (κ2) is 5.80. The number of nitrogens with two attached hydrogens (primary N) is 1. The van der Waals surface area contributed by atoms with Crippen LogP contribution in [0.25, 0.3) is 0 Å². The number of carboxylic acids is 1. The highest BCUT2D eigenvalue weighted by molar-refractivity contribution is 5.90. The number of carboxylic acid groups (broad SMARTS) is 1. The average Bonchev–Trinajstić information content (AvgIpc) is 2.38. The van der Waals surface area contributed by atoms with Crippen molar-refractivity contribution in [1.82, 2.24) is 4.90 Å². The van der Waals surface area contributed by atoms with E-state index >= 15 is 0 Å². The zero-order valence-corrected chi connectivity index (χ0v) is 11.2. The molecule has 1 aromatic rings. The number of halogens is 3. The first-order chi connectivity index (χ1) is 9.76. The molecule has 0 unspecified atom stereocenters. The summed E-state index contributed by atoms with van der Waals surface area (Å²) in [6.07, 6.45) is -4.19. The molecule has 8 heteroatoms. The van der Waals surface area contributed by atoms with Crippen molar-refractivity contribution in [2.45, 2.75) is 6.18 Å². The van der Waals surface area contributed by atoms with Gasteiger partial charge in [-0.2, -0.15) is 13.2 Å². The Bertz CT molecular complexity index is 526. The minimum atomic E-state index is -4.19. The lowest BCUT2D eigenvalue weighted by atomic mass is 10.1. The largest absolute Gasteiger partial charge is 0.478 e. The Kier molecular flexibility index (Phi) is 4.26. The van der Waals surface area contributed by atoms with Crippen LogP contribution in [0.4, 0.5) is 24.5 Å². The molecule has 3 N–H and O–H groups in total. The molecule has 21 heavy (non-hydrogen) atoms. The van der Waals surface area contributed by atoms with Gasteiger partial charge >= 0.3 is 12.1 Å². The van der Waals surface area contributed by atoms with Crippen LogP contribution in [0.3, 0.4) is 0 Å². The van der Waals surface area contributed by atoms with Crippen molar-refractivity contribution >= 4 is 17.3 Å². The van der Waals surface area contributed by atoms with Crippen molar-refractivity contribution in [1.29, 1.82) is 0 Å². The summed E-state index contributed by atoms with van der Waals surface area (Å²) in [4.78, 5) is 14.0. The van der Waals surface area contributed by atoms with Crippen LogP contribution >= 0.6 is 0 Å². The molecule has 2 rings (SSSR count). The average molecular weight is 303 g/mol. The fourth-order valence-electron chi connectivity index (χ4n) is 2.38. The van der Waals surface area contributed by atoms with Gasteiger partial charge in [-0.15, -0.1) is 0 Å². The molecule has 5 nitrogen and oxygen atoms in total. The molecule has 0 spiro atoms. The monoisotopic (exact) mass is 303 g/mol. The molecule has 0 bridgehead atoms. The molecular weight excluding hydrogens is 287 g/mol. The second-order valence-electron chi connectivity index (χ2n) is 4.96. The topological polar surface area (TPSA) is 69.8 Å². The predicted molar refractivity (Wildman–Crippen MR) is 72.5 cm³/mol. The lowest BCUT2D eigenvalue weighted by molar-refractivity contribution is -0.146. The summed E-state index contributed by atoms with van der Waals surface area (Å²) in [6, 6.07) is 4.40. The van der Waals surface area contributed by atoms with E-state index < -0.39 is 18.7 Å². The number of anilines is 2. The molecule has 0 aliphatic carbocycles. The number of hydrogen-bond donors (Lipinski definition) is 2. The number of nitrogen functional groups attached to an aromatic ring is 1. The second-order valence-corrected chi connectivity index (χ2v) is 4.96. The van der Waals surface area contributed by atoms with Crippen molar-refractivity contribution in [3.8, 4) is 0 Å². The Morgan fingerprint density at radius 3 is 2.33 bits per heavy atom. The van der Waals surface area contributed by atoms with Crippen molar-refractivity contribution in [3.05, 3.63) is 23.8 Å². The first-order valence-electron chi connectivity index (χ1n) is 6.43. The van der Waals surface area contributed by atoms with Gasteiger partial charge in [-0.1, -0.05) is 0 Å². The fourth-order valence-corrected chi connectivity index (χ4v) is 2.38. The molecule has 1 aromatic carbocycles. The van der Waals surface area contributed by atoms with Crippen molar-refractivity contribution in [3.63, 3.8) is 0 Å². The number of nitrogens with zero attached hydrogens (tertiary/aromatic N) is 2. The number of piperazine rings is 1. The summed E-state index contributed by atoms with van der Waals surface area (Å²) >= 11 is 0. The SMILES string of the molecule is Nc1cc(C(=O)O)ccc1N1CCN(CC(F)(F)F)CC1. The third-order valence-electron chi connectivity index (χ3n) is 3.39. The summed E-state index contributed by atoms with van der Waals surface area (Å²) in [5.41, 5.74) is 6.90. The van der Waals surface area contributed by atoms with Gasteiger partial charge in [0, 0.05) is 26.2 Å². The van der Waals surface area contributed by atoms with Crippen LogP contribution in [-0.2, 0) is 0 Å². The third kappa shape index (κ3) is 4.01. The highest BCUT2D eigenvalue weighted by atomic mass is 19.4. The van der Waals surface area contributed by atoms with Gasteiger partial charge in [-0.25, -0.2) is 4.79 Å². The summed E-state index contributed by atoms with van der Waals surface area (Å²) in [5.74, 6) is -1.07. The standard InChI is InChI=1S/C13H16F3N3O2/c14-13(15,16)8-18-3-5-19(6-4-18)11-2-1-9(12(20)21)7-10(11)17/h1-2,7H,3-6,8,17H2,(H,20,21). The van der Waals surface area contributed by atoms with E-state index in [9.17, 15) is 18.0 Å². The Morgan fingerprint density at radius 2 is 1.86 bits per heavy atom. The van der Waals surface area contributed by atoms with E-state index in [1.807, 2.05) is 4.90 Å². The number of alkyl halides is 3. The molecular formula is C13H16F3N3O2.